The van der Waals surface area contributed by atoms with Crippen molar-refractivity contribution < 1.29 is 0 Å². The third-order valence-electron chi connectivity index (χ3n) is 3.81. The fourth-order valence-electron chi connectivity index (χ4n) is 2.90. The summed E-state index contributed by atoms with van der Waals surface area (Å²) in [5.74, 6) is 1.13. The number of nitrogens with zero attached hydrogens (tertiary/aromatic N) is 1. The average molecular weight is 271 g/mol. The number of aromatic nitrogens is 2. The second kappa shape index (κ2) is 6.60. The van der Waals surface area contributed by atoms with Gasteiger partial charge in [-0.2, -0.15) is 5.10 Å². The molecule has 1 aromatic carbocycles. The van der Waals surface area contributed by atoms with Gasteiger partial charge in [0.1, 0.15) is 0 Å². The molecule has 3 nitrogen and oxygen atoms in total. The highest BCUT2D eigenvalue weighted by Gasteiger charge is 2.20. The van der Waals surface area contributed by atoms with Crippen molar-refractivity contribution >= 4 is 5.82 Å². The van der Waals surface area contributed by atoms with Gasteiger partial charge in [-0.15, -0.1) is 0 Å². The Labute approximate surface area is 121 Å². The SMILES string of the molecule is CCCC(CCC)c1[nH]nc(N)c1-c1cccc(C)c1. The Morgan fingerprint density at radius 1 is 1.20 bits per heavy atom. The van der Waals surface area contributed by atoms with Gasteiger partial charge < -0.3 is 5.73 Å². The van der Waals surface area contributed by atoms with E-state index in [0.29, 0.717) is 11.7 Å². The molecule has 2 aromatic rings. The Hall–Kier alpha value is -1.77. The lowest BCUT2D eigenvalue weighted by molar-refractivity contribution is 0.548. The number of anilines is 1. The second-order valence-electron chi connectivity index (χ2n) is 5.54. The van der Waals surface area contributed by atoms with Crippen LogP contribution in [0.4, 0.5) is 5.82 Å². The Kier molecular flexibility index (Phi) is 4.83. The van der Waals surface area contributed by atoms with Crippen LogP contribution in [0.1, 0.15) is 56.7 Å². The standard InChI is InChI=1S/C17H25N3/c1-4-7-13(8-5-2)16-15(17(18)20-19-16)14-10-6-9-12(3)11-14/h6,9-11,13H,4-5,7-8H2,1-3H3,(H3,18,19,20). The van der Waals surface area contributed by atoms with E-state index in [2.05, 4.69) is 55.2 Å². The predicted molar refractivity (Wildman–Crippen MR) is 85.7 cm³/mol. The van der Waals surface area contributed by atoms with Gasteiger partial charge in [0.2, 0.25) is 0 Å². The molecule has 0 unspecified atom stereocenters. The number of nitrogen functional groups attached to an aromatic ring is 1. The zero-order chi connectivity index (χ0) is 14.5. The van der Waals surface area contributed by atoms with Gasteiger partial charge in [-0.05, 0) is 25.3 Å². The minimum atomic E-state index is 0.519. The Morgan fingerprint density at radius 2 is 1.90 bits per heavy atom. The van der Waals surface area contributed by atoms with Crippen molar-refractivity contribution in [2.75, 3.05) is 5.73 Å². The first-order valence-electron chi connectivity index (χ1n) is 7.58. The molecule has 0 radical (unpaired) electrons. The molecule has 108 valence electrons. The number of nitrogens with two attached hydrogens (primary N) is 1. The largest absolute Gasteiger partial charge is 0.382 e. The molecule has 0 fully saturated rings. The predicted octanol–water partition coefficient (Wildman–Crippen LogP) is 4.65. The van der Waals surface area contributed by atoms with E-state index in [4.69, 9.17) is 5.73 Å². The molecule has 0 amide bonds. The average Bonchev–Trinajstić information content (AvgIpc) is 2.80. The van der Waals surface area contributed by atoms with Gasteiger partial charge in [0.05, 0.1) is 0 Å². The molecule has 1 heterocycles. The summed E-state index contributed by atoms with van der Waals surface area (Å²) in [4.78, 5) is 0. The molecular formula is C17H25N3. The summed E-state index contributed by atoms with van der Waals surface area (Å²) in [7, 11) is 0. The first-order chi connectivity index (χ1) is 9.67. The van der Waals surface area contributed by atoms with E-state index in [0.717, 1.165) is 5.56 Å². The van der Waals surface area contributed by atoms with Gasteiger partial charge in [0, 0.05) is 17.2 Å². The first kappa shape index (κ1) is 14.6. The van der Waals surface area contributed by atoms with Crippen LogP contribution >= 0.6 is 0 Å². The summed E-state index contributed by atoms with van der Waals surface area (Å²) >= 11 is 0. The van der Waals surface area contributed by atoms with Crippen molar-refractivity contribution in [1.29, 1.82) is 0 Å². The summed E-state index contributed by atoms with van der Waals surface area (Å²) in [5.41, 5.74) is 10.8. The lowest BCUT2D eigenvalue weighted by Gasteiger charge is -2.16. The zero-order valence-electron chi connectivity index (χ0n) is 12.7. The molecule has 0 saturated heterocycles. The lowest BCUT2D eigenvalue weighted by atomic mass is 9.90. The minimum absolute atomic E-state index is 0.519. The summed E-state index contributed by atoms with van der Waals surface area (Å²) < 4.78 is 0. The first-order valence-corrected chi connectivity index (χ1v) is 7.58. The highest BCUT2D eigenvalue weighted by molar-refractivity contribution is 5.77. The molecular weight excluding hydrogens is 246 g/mol. The highest BCUT2D eigenvalue weighted by Crippen LogP contribution is 2.36. The maximum absolute atomic E-state index is 6.11. The van der Waals surface area contributed by atoms with E-state index in [-0.39, 0.29) is 0 Å². The third kappa shape index (κ3) is 3.03. The second-order valence-corrected chi connectivity index (χ2v) is 5.54. The zero-order valence-corrected chi connectivity index (χ0v) is 12.7. The summed E-state index contributed by atoms with van der Waals surface area (Å²) in [6.45, 7) is 6.57. The Bertz CT molecular complexity index is 551. The number of aromatic amines is 1. The van der Waals surface area contributed by atoms with Crippen LogP contribution in [0.15, 0.2) is 24.3 Å². The van der Waals surface area contributed by atoms with Crippen LogP contribution in [0.3, 0.4) is 0 Å². The molecule has 3 N–H and O–H groups in total. The van der Waals surface area contributed by atoms with Gasteiger partial charge in [0.15, 0.2) is 5.82 Å². The normalized spacial score (nSPS) is 11.2. The van der Waals surface area contributed by atoms with E-state index < -0.39 is 0 Å². The van der Waals surface area contributed by atoms with Gasteiger partial charge in [-0.1, -0.05) is 56.5 Å². The summed E-state index contributed by atoms with van der Waals surface area (Å²) in [5, 5.41) is 7.45. The van der Waals surface area contributed by atoms with Crippen LogP contribution in [0.5, 0.6) is 0 Å². The molecule has 0 bridgehead atoms. The topological polar surface area (TPSA) is 54.7 Å². The lowest BCUT2D eigenvalue weighted by Crippen LogP contribution is -2.01. The molecule has 0 aliphatic heterocycles. The van der Waals surface area contributed by atoms with E-state index >= 15 is 0 Å². The van der Waals surface area contributed by atoms with Crippen molar-refractivity contribution in [3.8, 4) is 11.1 Å². The van der Waals surface area contributed by atoms with Crippen LogP contribution in [0, 0.1) is 6.92 Å². The molecule has 0 atom stereocenters. The number of rotatable bonds is 6. The fraction of sp³-hybridized carbons (Fsp3) is 0.471. The summed E-state index contributed by atoms with van der Waals surface area (Å²) in [6, 6.07) is 8.48. The van der Waals surface area contributed by atoms with E-state index in [9.17, 15) is 0 Å². The number of benzene rings is 1. The van der Waals surface area contributed by atoms with Crippen molar-refractivity contribution in [1.82, 2.24) is 10.2 Å². The Morgan fingerprint density at radius 3 is 2.50 bits per heavy atom. The number of hydrogen-bond donors (Lipinski definition) is 2. The van der Waals surface area contributed by atoms with Crippen molar-refractivity contribution in [3.63, 3.8) is 0 Å². The maximum Gasteiger partial charge on any atom is 0.153 e. The molecule has 0 aliphatic carbocycles. The van der Waals surface area contributed by atoms with E-state index in [1.54, 1.807) is 0 Å². The van der Waals surface area contributed by atoms with Gasteiger partial charge >= 0.3 is 0 Å². The number of hydrogen-bond acceptors (Lipinski definition) is 2. The summed E-state index contributed by atoms with van der Waals surface area (Å²) in [6.07, 6.45) is 4.70. The molecule has 0 saturated carbocycles. The number of aryl methyl sites for hydroxylation is 1. The van der Waals surface area contributed by atoms with Crippen LogP contribution in [-0.4, -0.2) is 10.2 Å². The molecule has 2 rings (SSSR count). The van der Waals surface area contributed by atoms with Crippen LogP contribution < -0.4 is 5.73 Å². The van der Waals surface area contributed by atoms with E-state index in [1.807, 2.05) is 0 Å². The van der Waals surface area contributed by atoms with Crippen LogP contribution in [-0.2, 0) is 0 Å². The van der Waals surface area contributed by atoms with Crippen LogP contribution in [0.2, 0.25) is 0 Å². The monoisotopic (exact) mass is 271 g/mol. The molecule has 0 aliphatic rings. The van der Waals surface area contributed by atoms with E-state index in [1.165, 1.54) is 42.5 Å². The van der Waals surface area contributed by atoms with Crippen molar-refractivity contribution in [3.05, 3.63) is 35.5 Å². The molecule has 0 spiro atoms. The van der Waals surface area contributed by atoms with Crippen molar-refractivity contribution in [2.24, 2.45) is 0 Å². The van der Waals surface area contributed by atoms with Crippen molar-refractivity contribution in [2.45, 2.75) is 52.4 Å². The van der Waals surface area contributed by atoms with Gasteiger partial charge in [-0.3, -0.25) is 5.10 Å². The molecule has 20 heavy (non-hydrogen) atoms. The quantitative estimate of drug-likeness (QED) is 0.803. The smallest absolute Gasteiger partial charge is 0.153 e. The van der Waals surface area contributed by atoms with Gasteiger partial charge in [-0.25, -0.2) is 0 Å². The van der Waals surface area contributed by atoms with Crippen LogP contribution in [0.25, 0.3) is 11.1 Å². The maximum atomic E-state index is 6.11. The number of nitrogens with one attached hydrogen (secondary N) is 1. The molecule has 1 aromatic heterocycles. The minimum Gasteiger partial charge on any atom is -0.382 e. The molecule has 3 heteroatoms. The van der Waals surface area contributed by atoms with Gasteiger partial charge in [0.25, 0.3) is 0 Å². The highest BCUT2D eigenvalue weighted by atomic mass is 15.2. The number of H-pyrrole nitrogens is 1. The third-order valence-corrected chi connectivity index (χ3v) is 3.81. The Balaban J connectivity index is 2.45. The fourth-order valence-corrected chi connectivity index (χ4v) is 2.90.